The largest absolute Gasteiger partial charge is 0.388 e. The van der Waals surface area contributed by atoms with E-state index in [0.717, 1.165) is 25.2 Å². The van der Waals surface area contributed by atoms with Gasteiger partial charge in [0.15, 0.2) is 0 Å². The number of hydrogen-bond acceptors (Lipinski definition) is 5. The predicted octanol–water partition coefficient (Wildman–Crippen LogP) is 0.919. The summed E-state index contributed by atoms with van der Waals surface area (Å²) < 4.78 is 15.5. The lowest BCUT2D eigenvalue weighted by atomic mass is 9.89. The summed E-state index contributed by atoms with van der Waals surface area (Å²) in [5.74, 6) is 0.462. The second-order valence-corrected chi connectivity index (χ2v) is 6.04. The molecule has 1 saturated heterocycles. The number of nitrogens with zero attached hydrogens (tertiary/aromatic N) is 5. The average Bonchev–Trinajstić information content (AvgIpc) is 2.86. The van der Waals surface area contributed by atoms with Crippen LogP contribution in [0.3, 0.4) is 0 Å². The molecule has 0 spiro atoms. The Morgan fingerprint density at radius 2 is 2.32 bits per heavy atom. The van der Waals surface area contributed by atoms with Crippen molar-refractivity contribution < 1.29 is 9.50 Å². The van der Waals surface area contributed by atoms with Crippen LogP contribution in [0, 0.1) is 5.82 Å². The molecule has 0 aromatic carbocycles. The van der Waals surface area contributed by atoms with Crippen molar-refractivity contribution in [2.45, 2.75) is 31.4 Å². The highest BCUT2D eigenvalue weighted by atomic mass is 19.1. The van der Waals surface area contributed by atoms with Gasteiger partial charge >= 0.3 is 0 Å². The van der Waals surface area contributed by atoms with Crippen LogP contribution in [0.25, 0.3) is 0 Å². The quantitative estimate of drug-likeness (QED) is 0.910. The molecule has 3 heterocycles. The Labute approximate surface area is 128 Å². The van der Waals surface area contributed by atoms with Crippen LogP contribution in [0.4, 0.5) is 4.39 Å². The highest BCUT2D eigenvalue weighted by Crippen LogP contribution is 2.26. The Balaban J connectivity index is 1.68. The zero-order valence-corrected chi connectivity index (χ0v) is 12.6. The molecule has 0 bridgehead atoms. The van der Waals surface area contributed by atoms with Gasteiger partial charge in [-0.15, -0.1) is 10.2 Å². The zero-order valence-electron chi connectivity index (χ0n) is 12.6. The van der Waals surface area contributed by atoms with Gasteiger partial charge in [0.1, 0.15) is 18.0 Å². The molecule has 1 N–H and O–H groups in total. The number of β-amino-alcohol motifs (C(OH)–C–C–N with tert-alkyl or cyclic N) is 1. The molecule has 1 fully saturated rings. The molecule has 1 aliphatic heterocycles. The van der Waals surface area contributed by atoms with Crippen LogP contribution in [0.5, 0.6) is 0 Å². The minimum Gasteiger partial charge on any atom is -0.388 e. The molecule has 6 nitrogen and oxygen atoms in total. The van der Waals surface area contributed by atoms with E-state index >= 15 is 0 Å². The highest BCUT2D eigenvalue weighted by Gasteiger charge is 2.34. The standard InChI is InChI=1S/C15H20FN5O/c1-20-11-18-19-14(20)7-15(22)4-2-6-21(10-15)9-12-3-5-17-8-13(12)16/h3,5,8,11,22H,2,4,6-7,9-10H2,1H3. The van der Waals surface area contributed by atoms with Gasteiger partial charge in [0.25, 0.3) is 0 Å². The SMILES string of the molecule is Cn1cnnc1CC1(O)CCCN(Cc2ccncc2F)C1. The van der Waals surface area contributed by atoms with Crippen LogP contribution < -0.4 is 0 Å². The molecule has 2 aromatic heterocycles. The minimum absolute atomic E-state index is 0.301. The number of hydrogen-bond donors (Lipinski definition) is 1. The van der Waals surface area contributed by atoms with Crippen LogP contribution in [-0.2, 0) is 20.0 Å². The number of aromatic nitrogens is 4. The molecular formula is C15H20FN5O. The van der Waals surface area contributed by atoms with Gasteiger partial charge in [-0.3, -0.25) is 9.88 Å². The normalized spacial score (nSPS) is 22.9. The fourth-order valence-electron chi connectivity index (χ4n) is 3.02. The fraction of sp³-hybridized carbons (Fsp3) is 0.533. The molecule has 1 aliphatic rings. The number of rotatable bonds is 4. The summed E-state index contributed by atoms with van der Waals surface area (Å²) in [5.41, 5.74) is -0.236. The first kappa shape index (κ1) is 15.1. The summed E-state index contributed by atoms with van der Waals surface area (Å²) in [5, 5.41) is 18.7. The molecule has 7 heteroatoms. The first-order valence-corrected chi connectivity index (χ1v) is 7.42. The maximum Gasteiger partial charge on any atom is 0.145 e. The van der Waals surface area contributed by atoms with E-state index in [1.165, 1.54) is 6.20 Å². The van der Waals surface area contributed by atoms with Crippen molar-refractivity contribution in [1.29, 1.82) is 0 Å². The summed E-state index contributed by atoms with van der Waals surface area (Å²) in [6, 6.07) is 1.69. The van der Waals surface area contributed by atoms with E-state index in [1.54, 1.807) is 18.6 Å². The topological polar surface area (TPSA) is 67.1 Å². The molecule has 2 aromatic rings. The van der Waals surface area contributed by atoms with Crippen LogP contribution in [0.1, 0.15) is 24.2 Å². The first-order chi connectivity index (χ1) is 10.6. The van der Waals surface area contributed by atoms with E-state index in [9.17, 15) is 9.50 Å². The van der Waals surface area contributed by atoms with Crippen molar-refractivity contribution >= 4 is 0 Å². The van der Waals surface area contributed by atoms with Crippen molar-refractivity contribution in [3.05, 3.63) is 42.0 Å². The van der Waals surface area contributed by atoms with Gasteiger partial charge in [0.05, 0.1) is 11.8 Å². The third-order valence-electron chi connectivity index (χ3n) is 4.18. The van der Waals surface area contributed by atoms with E-state index in [0.29, 0.717) is 25.1 Å². The Bertz CT molecular complexity index is 646. The Morgan fingerprint density at radius 1 is 1.45 bits per heavy atom. The monoisotopic (exact) mass is 305 g/mol. The van der Waals surface area contributed by atoms with E-state index in [2.05, 4.69) is 20.1 Å². The molecule has 0 aliphatic carbocycles. The molecule has 1 unspecified atom stereocenters. The minimum atomic E-state index is -0.845. The first-order valence-electron chi connectivity index (χ1n) is 7.42. The number of pyridine rings is 1. The predicted molar refractivity (Wildman–Crippen MR) is 78.4 cm³/mol. The summed E-state index contributed by atoms with van der Waals surface area (Å²) in [6.45, 7) is 1.83. The van der Waals surface area contributed by atoms with Gasteiger partial charge in [-0.05, 0) is 25.5 Å². The molecule has 3 rings (SSSR count). The Morgan fingerprint density at radius 3 is 3.05 bits per heavy atom. The lowest BCUT2D eigenvalue weighted by Crippen LogP contribution is -2.49. The molecule has 0 radical (unpaired) electrons. The lowest BCUT2D eigenvalue weighted by Gasteiger charge is -2.39. The molecular weight excluding hydrogens is 285 g/mol. The van der Waals surface area contributed by atoms with Crippen molar-refractivity contribution in [1.82, 2.24) is 24.6 Å². The summed E-state index contributed by atoms with van der Waals surface area (Å²) >= 11 is 0. The van der Waals surface area contributed by atoms with Crippen molar-refractivity contribution in [3.63, 3.8) is 0 Å². The summed E-state index contributed by atoms with van der Waals surface area (Å²) in [4.78, 5) is 5.85. The van der Waals surface area contributed by atoms with Gasteiger partial charge in [-0.1, -0.05) is 0 Å². The maximum absolute atomic E-state index is 13.7. The van der Waals surface area contributed by atoms with Gasteiger partial charge in [-0.2, -0.15) is 0 Å². The third kappa shape index (κ3) is 3.31. The second-order valence-electron chi connectivity index (χ2n) is 6.04. The number of halogens is 1. The summed E-state index contributed by atoms with van der Waals surface area (Å²) in [6.07, 6.45) is 6.50. The van der Waals surface area contributed by atoms with E-state index in [4.69, 9.17) is 0 Å². The van der Waals surface area contributed by atoms with Gasteiger partial charge in [-0.25, -0.2) is 4.39 Å². The average molecular weight is 305 g/mol. The number of likely N-dealkylation sites (tertiary alicyclic amines) is 1. The van der Waals surface area contributed by atoms with Crippen molar-refractivity contribution in [2.75, 3.05) is 13.1 Å². The molecule has 22 heavy (non-hydrogen) atoms. The zero-order chi connectivity index (χ0) is 15.6. The smallest absolute Gasteiger partial charge is 0.145 e. The van der Waals surface area contributed by atoms with Crippen LogP contribution in [0.15, 0.2) is 24.8 Å². The third-order valence-corrected chi connectivity index (χ3v) is 4.18. The van der Waals surface area contributed by atoms with E-state index in [-0.39, 0.29) is 5.82 Å². The highest BCUT2D eigenvalue weighted by molar-refractivity contribution is 5.13. The fourth-order valence-corrected chi connectivity index (χ4v) is 3.02. The lowest BCUT2D eigenvalue weighted by molar-refractivity contribution is -0.0347. The van der Waals surface area contributed by atoms with Crippen molar-refractivity contribution in [2.24, 2.45) is 7.05 Å². The maximum atomic E-state index is 13.7. The number of aliphatic hydroxyl groups is 1. The Hall–Kier alpha value is -1.86. The van der Waals surface area contributed by atoms with Gasteiger partial charge in [0, 0.05) is 38.3 Å². The van der Waals surface area contributed by atoms with E-state index < -0.39 is 5.60 Å². The molecule has 0 amide bonds. The molecule has 1 atom stereocenters. The number of aryl methyl sites for hydroxylation is 1. The number of piperidine rings is 1. The second kappa shape index (κ2) is 6.10. The van der Waals surface area contributed by atoms with Gasteiger partial charge in [0.2, 0.25) is 0 Å². The van der Waals surface area contributed by atoms with Gasteiger partial charge < -0.3 is 9.67 Å². The Kier molecular flexibility index (Phi) is 4.17. The van der Waals surface area contributed by atoms with Crippen LogP contribution >= 0.6 is 0 Å². The molecule has 118 valence electrons. The van der Waals surface area contributed by atoms with Crippen LogP contribution in [-0.4, -0.2) is 48.4 Å². The molecule has 0 saturated carbocycles. The summed E-state index contributed by atoms with van der Waals surface area (Å²) in [7, 11) is 1.87. The van der Waals surface area contributed by atoms with E-state index in [1.807, 2.05) is 11.6 Å². The van der Waals surface area contributed by atoms with Crippen LogP contribution in [0.2, 0.25) is 0 Å². The van der Waals surface area contributed by atoms with Crippen molar-refractivity contribution in [3.8, 4) is 0 Å².